The van der Waals surface area contributed by atoms with Gasteiger partial charge in [0, 0.05) is 10.7 Å². The van der Waals surface area contributed by atoms with Crippen molar-refractivity contribution in [3.63, 3.8) is 0 Å². The van der Waals surface area contributed by atoms with Crippen molar-refractivity contribution >= 4 is 30.8 Å². The van der Waals surface area contributed by atoms with Gasteiger partial charge >= 0.3 is 0 Å². The molecule has 0 radical (unpaired) electrons. The van der Waals surface area contributed by atoms with Crippen molar-refractivity contribution in [3.05, 3.63) is 17.9 Å². The predicted octanol–water partition coefficient (Wildman–Crippen LogP) is 1.29. The van der Waals surface area contributed by atoms with Crippen molar-refractivity contribution in [1.82, 2.24) is 10.3 Å². The molecule has 1 aromatic carbocycles. The van der Waals surface area contributed by atoms with E-state index in [9.17, 15) is 12.8 Å². The molecule has 0 fully saturated rings. The van der Waals surface area contributed by atoms with E-state index in [1.54, 1.807) is 0 Å². The van der Waals surface area contributed by atoms with Crippen LogP contribution in [0.4, 0.5) is 4.39 Å². The monoisotopic (exact) mass is 236 g/mol. The van der Waals surface area contributed by atoms with E-state index in [1.165, 1.54) is 6.07 Å². The van der Waals surface area contributed by atoms with Crippen LogP contribution in [0, 0.1) is 5.82 Å². The highest BCUT2D eigenvalue weighted by molar-refractivity contribution is 8.14. The summed E-state index contributed by atoms with van der Waals surface area (Å²) in [5.41, 5.74) is -0.0781. The Kier molecular flexibility index (Phi) is 1.93. The fourth-order valence-electron chi connectivity index (χ4n) is 1.04. The first-order chi connectivity index (χ1) is 6.50. The van der Waals surface area contributed by atoms with Gasteiger partial charge in [-0.15, -0.1) is 0 Å². The molecule has 0 spiro atoms. The fraction of sp³-hybridized carbons (Fsp3) is 0. The zero-order valence-electron chi connectivity index (χ0n) is 6.44. The highest BCUT2D eigenvalue weighted by Gasteiger charge is 2.22. The number of halogens is 2. The van der Waals surface area contributed by atoms with E-state index in [2.05, 4.69) is 14.9 Å². The van der Waals surface area contributed by atoms with Gasteiger partial charge in [-0.2, -0.15) is 0 Å². The first-order valence-corrected chi connectivity index (χ1v) is 5.66. The van der Waals surface area contributed by atoms with Crippen LogP contribution in [-0.4, -0.2) is 18.7 Å². The van der Waals surface area contributed by atoms with Crippen LogP contribution in [0.25, 0.3) is 11.0 Å². The predicted molar refractivity (Wildman–Crippen MR) is 44.8 cm³/mol. The Morgan fingerprint density at radius 2 is 2.07 bits per heavy atom. The molecule has 8 heteroatoms. The number of aromatic nitrogens is 2. The average molecular weight is 237 g/mol. The molecule has 0 amide bonds. The Balaban J connectivity index is 2.98. The standard InChI is InChI=1S/C6H2ClFN2O3S/c7-14(11,12)6-3(8)1-2-4-5(6)10-13-9-4/h1-2H. The molecular weight excluding hydrogens is 235 g/mol. The average Bonchev–Trinajstić information content (AvgIpc) is 2.48. The SMILES string of the molecule is O=S(=O)(Cl)c1c(F)ccc2nonc12. The van der Waals surface area contributed by atoms with Crippen molar-refractivity contribution in [2.24, 2.45) is 0 Å². The lowest BCUT2D eigenvalue weighted by atomic mass is 10.3. The summed E-state index contributed by atoms with van der Waals surface area (Å²) in [5, 5.41) is 6.61. The zero-order valence-corrected chi connectivity index (χ0v) is 8.01. The first kappa shape index (κ1) is 9.35. The fourth-order valence-corrected chi connectivity index (χ4v) is 2.15. The Morgan fingerprint density at radius 3 is 2.71 bits per heavy atom. The topological polar surface area (TPSA) is 73.1 Å². The molecule has 5 nitrogen and oxygen atoms in total. The quantitative estimate of drug-likeness (QED) is 0.698. The molecule has 0 saturated heterocycles. The Bertz CT molecular complexity index is 594. The third-order valence-corrected chi connectivity index (χ3v) is 2.92. The maximum atomic E-state index is 13.1. The van der Waals surface area contributed by atoms with E-state index in [0.717, 1.165) is 6.07 Å². The summed E-state index contributed by atoms with van der Waals surface area (Å²) in [6.07, 6.45) is 0. The summed E-state index contributed by atoms with van der Waals surface area (Å²) in [6, 6.07) is 2.18. The minimum atomic E-state index is -4.20. The molecule has 1 heterocycles. The van der Waals surface area contributed by atoms with Gasteiger partial charge in [0.25, 0.3) is 9.05 Å². The smallest absolute Gasteiger partial charge is 0.243 e. The van der Waals surface area contributed by atoms with Crippen molar-refractivity contribution in [2.45, 2.75) is 4.90 Å². The third kappa shape index (κ3) is 1.34. The summed E-state index contributed by atoms with van der Waals surface area (Å²) in [6.45, 7) is 0. The van der Waals surface area contributed by atoms with Crippen LogP contribution in [0.2, 0.25) is 0 Å². The van der Waals surface area contributed by atoms with Gasteiger partial charge in [0.1, 0.15) is 16.2 Å². The van der Waals surface area contributed by atoms with Gasteiger partial charge in [0.15, 0.2) is 5.52 Å². The molecule has 0 aliphatic heterocycles. The van der Waals surface area contributed by atoms with Crippen molar-refractivity contribution in [1.29, 1.82) is 0 Å². The minimum absolute atomic E-state index is 0.130. The normalized spacial score (nSPS) is 12.1. The zero-order chi connectivity index (χ0) is 10.3. The molecule has 2 aromatic rings. The molecule has 0 aliphatic rings. The van der Waals surface area contributed by atoms with Crippen LogP contribution < -0.4 is 0 Å². The summed E-state index contributed by atoms with van der Waals surface area (Å²) >= 11 is 0. The second-order valence-electron chi connectivity index (χ2n) is 2.45. The van der Waals surface area contributed by atoms with E-state index in [1.807, 2.05) is 0 Å². The number of fused-ring (bicyclic) bond motifs is 1. The number of rotatable bonds is 1. The van der Waals surface area contributed by atoms with Gasteiger partial charge in [-0.3, -0.25) is 0 Å². The molecule has 0 bridgehead atoms. The van der Waals surface area contributed by atoms with Crippen LogP contribution in [-0.2, 0) is 9.05 Å². The second kappa shape index (κ2) is 2.89. The number of hydrogen-bond donors (Lipinski definition) is 0. The lowest BCUT2D eigenvalue weighted by Crippen LogP contribution is -1.96. The molecule has 0 unspecified atom stereocenters. The van der Waals surface area contributed by atoms with Crippen molar-refractivity contribution in [3.8, 4) is 0 Å². The molecule has 14 heavy (non-hydrogen) atoms. The largest absolute Gasteiger partial charge is 0.266 e. The number of nitrogens with zero attached hydrogens (tertiary/aromatic N) is 2. The maximum absolute atomic E-state index is 13.1. The van der Waals surface area contributed by atoms with Gasteiger partial charge in [-0.1, -0.05) is 0 Å². The Hall–Kier alpha value is -1.21. The van der Waals surface area contributed by atoms with E-state index >= 15 is 0 Å². The van der Waals surface area contributed by atoms with Crippen LogP contribution in [0.1, 0.15) is 0 Å². The first-order valence-electron chi connectivity index (χ1n) is 3.35. The molecule has 74 valence electrons. The van der Waals surface area contributed by atoms with Crippen LogP contribution in [0.5, 0.6) is 0 Å². The van der Waals surface area contributed by atoms with E-state index in [-0.39, 0.29) is 11.0 Å². The van der Waals surface area contributed by atoms with E-state index in [4.69, 9.17) is 10.7 Å². The Morgan fingerprint density at radius 1 is 1.36 bits per heavy atom. The van der Waals surface area contributed by atoms with E-state index < -0.39 is 19.8 Å². The van der Waals surface area contributed by atoms with Gasteiger partial charge in [-0.25, -0.2) is 17.4 Å². The number of hydrogen-bond acceptors (Lipinski definition) is 5. The third-order valence-electron chi connectivity index (χ3n) is 1.58. The minimum Gasteiger partial charge on any atom is -0.243 e. The van der Waals surface area contributed by atoms with Crippen LogP contribution in [0.3, 0.4) is 0 Å². The van der Waals surface area contributed by atoms with Crippen LogP contribution in [0.15, 0.2) is 21.7 Å². The summed E-state index contributed by atoms with van der Waals surface area (Å²) in [4.78, 5) is -0.710. The van der Waals surface area contributed by atoms with Gasteiger partial charge in [0.05, 0.1) is 0 Å². The lowest BCUT2D eigenvalue weighted by Gasteiger charge is -1.96. The molecule has 0 aliphatic carbocycles. The highest BCUT2D eigenvalue weighted by atomic mass is 35.7. The molecule has 0 N–H and O–H groups in total. The molecule has 0 saturated carbocycles. The molecule has 0 atom stereocenters. The summed E-state index contributed by atoms with van der Waals surface area (Å²) < 4.78 is 39.3. The Labute approximate surface area is 81.8 Å². The van der Waals surface area contributed by atoms with Crippen molar-refractivity contribution < 1.29 is 17.4 Å². The lowest BCUT2D eigenvalue weighted by molar-refractivity contribution is 0.315. The van der Waals surface area contributed by atoms with Crippen LogP contribution >= 0.6 is 10.7 Å². The van der Waals surface area contributed by atoms with Gasteiger partial charge in [0.2, 0.25) is 0 Å². The molecular formula is C6H2ClFN2O3S. The van der Waals surface area contributed by atoms with E-state index in [0.29, 0.717) is 0 Å². The summed E-state index contributed by atoms with van der Waals surface area (Å²) in [5.74, 6) is -0.983. The summed E-state index contributed by atoms with van der Waals surface area (Å²) in [7, 11) is 0.827. The second-order valence-corrected chi connectivity index (χ2v) is 4.95. The highest BCUT2D eigenvalue weighted by Crippen LogP contribution is 2.25. The molecule has 2 rings (SSSR count). The maximum Gasteiger partial charge on any atom is 0.266 e. The molecule has 1 aromatic heterocycles. The van der Waals surface area contributed by atoms with Crippen molar-refractivity contribution in [2.75, 3.05) is 0 Å². The van der Waals surface area contributed by atoms with Gasteiger partial charge in [-0.05, 0) is 22.4 Å². The number of benzene rings is 1. The van der Waals surface area contributed by atoms with Gasteiger partial charge < -0.3 is 0 Å².